The maximum absolute atomic E-state index is 14.4. The first-order valence-corrected chi connectivity index (χ1v) is 17.6. The summed E-state index contributed by atoms with van der Waals surface area (Å²) in [5.74, 6) is 0.468. The number of nitrogens with one attached hydrogen (secondary N) is 1. The molecule has 3 heterocycles. The molecule has 2 aliphatic heterocycles. The van der Waals surface area contributed by atoms with Crippen molar-refractivity contribution in [1.82, 2.24) is 15.2 Å². The third kappa shape index (κ3) is 7.09. The van der Waals surface area contributed by atoms with Crippen molar-refractivity contribution in [2.75, 3.05) is 13.7 Å². The van der Waals surface area contributed by atoms with Crippen LogP contribution < -0.4 is 14.8 Å². The van der Waals surface area contributed by atoms with Gasteiger partial charge in [0.2, 0.25) is 11.8 Å². The van der Waals surface area contributed by atoms with Gasteiger partial charge < -0.3 is 29.2 Å². The number of carbonyl (C=O) groups excluding carboxylic acids is 3. The minimum absolute atomic E-state index is 0.0464. The molecule has 2 saturated carbocycles. The zero-order valence-electron chi connectivity index (χ0n) is 28.3. The summed E-state index contributed by atoms with van der Waals surface area (Å²) in [5, 5.41) is 3.82. The van der Waals surface area contributed by atoms with Gasteiger partial charge in [0.05, 0.1) is 24.7 Å². The number of hydrogen-bond acceptors (Lipinski definition) is 8. The molecule has 0 unspecified atom stereocenters. The van der Waals surface area contributed by atoms with Crippen molar-refractivity contribution < 1.29 is 33.3 Å². The number of carbonyl (C=O) groups is 3. The van der Waals surface area contributed by atoms with Crippen molar-refractivity contribution in [1.29, 1.82) is 0 Å². The Morgan fingerprint density at radius 3 is 2.61 bits per heavy atom. The number of methoxy groups -OCH3 is 1. The fraction of sp³-hybridized carbons (Fsp3) is 0.487. The SMILES string of the molecule is COC(=O)[C@@H]1C[C@@H]2CN1C(=O)[C@H](C1CCCC1)NC(=O)O[C@]1(C)C[C@H]1CC/C=C/Cc1c(nc3ccccc3c1OCc1ccccc1)O2. The maximum Gasteiger partial charge on any atom is 0.408 e. The molecule has 3 fully saturated rings. The fourth-order valence-electron chi connectivity index (χ4n) is 7.81. The first kappa shape index (κ1) is 32.9. The second-order valence-corrected chi connectivity index (χ2v) is 14.0. The average Bonchev–Trinajstić information content (AvgIpc) is 3.46. The summed E-state index contributed by atoms with van der Waals surface area (Å²) in [6.07, 6.45) is 9.94. The van der Waals surface area contributed by atoms with Crippen LogP contribution >= 0.6 is 0 Å². The number of esters is 1. The number of pyridine rings is 1. The van der Waals surface area contributed by atoms with Crippen molar-refractivity contribution in [2.45, 2.75) is 95.1 Å². The van der Waals surface area contributed by atoms with Crippen molar-refractivity contribution in [3.8, 4) is 11.6 Å². The topological polar surface area (TPSA) is 116 Å². The molecule has 2 amide bonds. The van der Waals surface area contributed by atoms with Gasteiger partial charge in [-0.25, -0.2) is 14.6 Å². The van der Waals surface area contributed by atoms with Crippen LogP contribution in [0.25, 0.3) is 10.9 Å². The van der Waals surface area contributed by atoms with E-state index in [1.54, 1.807) is 0 Å². The summed E-state index contributed by atoms with van der Waals surface area (Å²) in [6, 6.07) is 16.2. The number of nitrogens with zero attached hydrogens (tertiary/aromatic N) is 2. The third-order valence-electron chi connectivity index (χ3n) is 10.7. The van der Waals surface area contributed by atoms with Crippen LogP contribution in [0.1, 0.15) is 69.4 Å². The molecular formula is C39H45N3O7. The van der Waals surface area contributed by atoms with E-state index in [9.17, 15) is 14.4 Å². The molecule has 3 aromatic rings. The van der Waals surface area contributed by atoms with E-state index in [0.29, 0.717) is 24.7 Å². The van der Waals surface area contributed by atoms with E-state index in [1.807, 2.05) is 61.5 Å². The normalized spacial score (nSPS) is 28.2. The number of fused-ring (bicyclic) bond motifs is 5. The van der Waals surface area contributed by atoms with E-state index in [-0.39, 0.29) is 30.7 Å². The molecule has 5 atom stereocenters. The number of rotatable bonds is 5. The summed E-state index contributed by atoms with van der Waals surface area (Å²) in [5.41, 5.74) is 2.00. The highest BCUT2D eigenvalue weighted by molar-refractivity contribution is 5.91. The van der Waals surface area contributed by atoms with Crippen molar-refractivity contribution >= 4 is 28.9 Å². The van der Waals surface area contributed by atoms with Gasteiger partial charge in [0.15, 0.2) is 0 Å². The lowest BCUT2D eigenvalue weighted by Crippen LogP contribution is -2.55. The van der Waals surface area contributed by atoms with Gasteiger partial charge in [0, 0.05) is 17.7 Å². The van der Waals surface area contributed by atoms with E-state index < -0.39 is 35.9 Å². The number of allylic oxidation sites excluding steroid dienone is 2. The quantitative estimate of drug-likeness (QED) is 0.249. The van der Waals surface area contributed by atoms with Crippen molar-refractivity contribution in [2.24, 2.45) is 11.8 Å². The van der Waals surface area contributed by atoms with Gasteiger partial charge in [-0.1, -0.05) is 67.5 Å². The average molecular weight is 668 g/mol. The number of para-hydroxylation sites is 1. The van der Waals surface area contributed by atoms with E-state index in [2.05, 4.69) is 17.5 Å². The molecule has 0 radical (unpaired) electrons. The number of ether oxygens (including phenoxy) is 4. The molecule has 4 aliphatic rings. The second kappa shape index (κ2) is 14.1. The van der Waals surface area contributed by atoms with Crippen LogP contribution in [0.15, 0.2) is 66.7 Å². The summed E-state index contributed by atoms with van der Waals surface area (Å²) < 4.78 is 24.4. The van der Waals surface area contributed by atoms with Crippen LogP contribution in [0.5, 0.6) is 11.6 Å². The van der Waals surface area contributed by atoms with Gasteiger partial charge in [-0.2, -0.15) is 0 Å². The van der Waals surface area contributed by atoms with Crippen molar-refractivity contribution in [3.63, 3.8) is 0 Å². The van der Waals surface area contributed by atoms with Crippen LogP contribution in [-0.4, -0.2) is 65.3 Å². The smallest absolute Gasteiger partial charge is 0.408 e. The fourth-order valence-corrected chi connectivity index (χ4v) is 7.81. The first-order valence-electron chi connectivity index (χ1n) is 17.6. The molecule has 0 spiro atoms. The molecule has 2 aliphatic carbocycles. The molecule has 1 aromatic heterocycles. The van der Waals surface area contributed by atoms with Gasteiger partial charge in [-0.15, -0.1) is 0 Å². The monoisotopic (exact) mass is 667 g/mol. The molecule has 1 N–H and O–H groups in total. The molecule has 2 bridgehead atoms. The Morgan fingerprint density at radius 1 is 1.04 bits per heavy atom. The zero-order chi connectivity index (χ0) is 34.0. The Balaban J connectivity index is 1.27. The van der Waals surface area contributed by atoms with Gasteiger partial charge in [-0.05, 0) is 69.1 Å². The molecular weight excluding hydrogens is 622 g/mol. The van der Waals surface area contributed by atoms with Gasteiger partial charge in [0.25, 0.3) is 0 Å². The number of hydrogen-bond donors (Lipinski definition) is 1. The number of aromatic nitrogens is 1. The lowest BCUT2D eigenvalue weighted by atomic mass is 9.96. The Kier molecular flexibility index (Phi) is 9.47. The minimum atomic E-state index is -0.866. The zero-order valence-corrected chi connectivity index (χ0v) is 28.3. The molecule has 49 heavy (non-hydrogen) atoms. The largest absolute Gasteiger partial charge is 0.488 e. The van der Waals surface area contributed by atoms with Crippen LogP contribution in [0.3, 0.4) is 0 Å². The third-order valence-corrected chi connectivity index (χ3v) is 10.7. The van der Waals surface area contributed by atoms with E-state index in [1.165, 1.54) is 12.0 Å². The maximum atomic E-state index is 14.4. The predicted molar refractivity (Wildman–Crippen MR) is 183 cm³/mol. The highest BCUT2D eigenvalue weighted by atomic mass is 16.6. The summed E-state index contributed by atoms with van der Waals surface area (Å²) in [7, 11) is 1.32. The first-order chi connectivity index (χ1) is 23.8. The van der Waals surface area contributed by atoms with Crippen LogP contribution in [0.2, 0.25) is 0 Å². The second-order valence-electron chi connectivity index (χ2n) is 14.0. The molecule has 10 nitrogen and oxygen atoms in total. The van der Waals surface area contributed by atoms with E-state index >= 15 is 0 Å². The molecule has 7 rings (SSSR count). The summed E-state index contributed by atoms with van der Waals surface area (Å²) >= 11 is 0. The Morgan fingerprint density at radius 2 is 1.82 bits per heavy atom. The Bertz CT molecular complexity index is 1720. The van der Waals surface area contributed by atoms with Gasteiger partial charge in [0.1, 0.15) is 36.1 Å². The van der Waals surface area contributed by atoms with E-state index in [0.717, 1.165) is 67.0 Å². The van der Waals surface area contributed by atoms with Crippen LogP contribution in [-0.2, 0) is 32.1 Å². The van der Waals surface area contributed by atoms with Gasteiger partial charge in [-0.3, -0.25) is 4.79 Å². The molecule has 258 valence electrons. The Hall–Kier alpha value is -4.60. The molecule has 2 aromatic carbocycles. The van der Waals surface area contributed by atoms with Crippen molar-refractivity contribution in [3.05, 3.63) is 77.9 Å². The summed E-state index contributed by atoms with van der Waals surface area (Å²) in [6.45, 7) is 2.47. The molecule has 1 saturated heterocycles. The number of benzene rings is 2. The molecule has 10 heteroatoms. The highest BCUT2D eigenvalue weighted by Gasteiger charge is 2.54. The van der Waals surface area contributed by atoms with Gasteiger partial charge >= 0.3 is 12.1 Å². The number of alkyl carbamates (subject to hydrolysis) is 1. The van der Waals surface area contributed by atoms with E-state index in [4.69, 9.17) is 23.9 Å². The Labute approximate surface area is 287 Å². The highest BCUT2D eigenvalue weighted by Crippen LogP contribution is 2.49. The predicted octanol–water partition coefficient (Wildman–Crippen LogP) is 6.29. The minimum Gasteiger partial charge on any atom is -0.488 e. The van der Waals surface area contributed by atoms with Crippen LogP contribution in [0.4, 0.5) is 4.79 Å². The number of amides is 2. The lowest BCUT2D eigenvalue weighted by Gasteiger charge is -2.31. The standard InChI is InChI=1S/C39H45N3O7/c1-39-22-27(39)17-7-4-8-19-30-34(47-24-25-13-5-3-6-14-25)29-18-11-12-20-31(29)40-35(30)48-28-21-32(37(44)46-2)42(23-28)36(43)33(41-38(45)49-39)26-15-9-10-16-26/h3-6,8,11-14,18,20,26-28,32-33H,7,9-10,15-17,19,21-24H2,1-2H3,(H,41,45)/b8-4+/t27-,28-,32+,33+,39-/m1/s1. The van der Waals surface area contributed by atoms with Crippen LogP contribution in [0, 0.1) is 11.8 Å². The lowest BCUT2D eigenvalue weighted by molar-refractivity contribution is -0.152. The summed E-state index contributed by atoms with van der Waals surface area (Å²) in [4.78, 5) is 47.3.